The lowest BCUT2D eigenvalue weighted by atomic mass is 10.0. The smallest absolute Gasteiger partial charge is 0.264 e. The molecule has 0 spiro atoms. The average molecular weight is 650 g/mol. The Hall–Kier alpha value is -4.21. The molecule has 0 heterocycles. The summed E-state index contributed by atoms with van der Waals surface area (Å²) < 4.78 is 43.0. The van der Waals surface area contributed by atoms with Gasteiger partial charge in [-0.15, -0.1) is 0 Å². The second-order valence-electron chi connectivity index (χ2n) is 11.3. The van der Waals surface area contributed by atoms with Crippen LogP contribution in [0.15, 0.2) is 108 Å². The Labute approximate surface area is 269 Å². The van der Waals surface area contributed by atoms with Crippen molar-refractivity contribution in [2.45, 2.75) is 44.7 Å². The van der Waals surface area contributed by atoms with Gasteiger partial charge in [0.15, 0.2) is 0 Å². The molecule has 1 N–H and O–H groups in total. The second-order valence-corrected chi connectivity index (χ2v) is 13.6. The zero-order chi connectivity index (χ0) is 32.6. The first-order chi connectivity index (χ1) is 21.4. The van der Waals surface area contributed by atoms with Crippen molar-refractivity contribution >= 4 is 39.1 Å². The summed E-state index contributed by atoms with van der Waals surface area (Å²) in [5, 5.41) is 3.24. The van der Waals surface area contributed by atoms with Crippen molar-refractivity contribution in [3.63, 3.8) is 0 Å². The highest BCUT2D eigenvalue weighted by Gasteiger charge is 2.34. The van der Waals surface area contributed by atoms with E-state index in [1.54, 1.807) is 42.5 Å². The zero-order valence-electron chi connectivity index (χ0n) is 25.5. The minimum atomic E-state index is -4.24. The summed E-state index contributed by atoms with van der Waals surface area (Å²) in [6.45, 7) is 5.50. The number of hydrogen-bond acceptors (Lipinski definition) is 4. The fourth-order valence-corrected chi connectivity index (χ4v) is 6.35. The lowest BCUT2D eigenvalue weighted by Gasteiger charge is -2.34. The highest BCUT2D eigenvalue weighted by molar-refractivity contribution is 7.92. The molecule has 0 unspecified atom stereocenters. The molecule has 0 aliphatic carbocycles. The second kappa shape index (κ2) is 15.2. The molecule has 2 amide bonds. The van der Waals surface area contributed by atoms with Crippen LogP contribution in [0.4, 0.5) is 10.1 Å². The number of sulfonamides is 1. The number of nitrogens with zero attached hydrogens (tertiary/aromatic N) is 2. The van der Waals surface area contributed by atoms with Gasteiger partial charge in [0.2, 0.25) is 11.8 Å². The molecule has 4 aromatic carbocycles. The number of halogens is 2. The number of aryl methyl sites for hydroxylation is 1. The van der Waals surface area contributed by atoms with Crippen LogP contribution in [0.3, 0.4) is 0 Å². The third-order valence-corrected chi connectivity index (χ3v) is 9.23. The van der Waals surface area contributed by atoms with Crippen LogP contribution in [-0.2, 0) is 32.6 Å². The Balaban J connectivity index is 1.79. The van der Waals surface area contributed by atoms with Crippen molar-refractivity contribution in [2.75, 3.05) is 17.4 Å². The predicted octanol–water partition coefficient (Wildman–Crippen LogP) is 6.40. The van der Waals surface area contributed by atoms with E-state index in [-0.39, 0.29) is 35.4 Å². The number of anilines is 1. The maximum Gasteiger partial charge on any atom is 0.264 e. The Bertz CT molecular complexity index is 1700. The summed E-state index contributed by atoms with van der Waals surface area (Å²) in [6.07, 6.45) is 0.180. The molecule has 0 aliphatic rings. The van der Waals surface area contributed by atoms with Crippen LogP contribution < -0.4 is 9.62 Å². The van der Waals surface area contributed by atoms with Gasteiger partial charge in [0.05, 0.1) is 10.6 Å². The SMILES string of the molecule is Cc1ccc(S(=O)(=O)N(CC(=O)N(Cc2ccc(F)cc2)[C@@H](Cc2ccccc2)C(=O)NCC(C)C)c2cccc(Cl)c2)cc1. The van der Waals surface area contributed by atoms with E-state index < -0.39 is 34.3 Å². The maximum absolute atomic E-state index is 14.4. The molecule has 236 valence electrons. The largest absolute Gasteiger partial charge is 0.354 e. The van der Waals surface area contributed by atoms with Crippen molar-refractivity contribution in [3.05, 3.63) is 131 Å². The molecule has 0 saturated heterocycles. The molecule has 10 heteroatoms. The molecule has 0 fully saturated rings. The monoisotopic (exact) mass is 649 g/mol. The van der Waals surface area contributed by atoms with Gasteiger partial charge < -0.3 is 10.2 Å². The molecule has 0 radical (unpaired) electrons. The van der Waals surface area contributed by atoms with Gasteiger partial charge in [0, 0.05) is 24.5 Å². The fraction of sp³-hybridized carbons (Fsp3) is 0.257. The normalized spacial score (nSPS) is 12.0. The van der Waals surface area contributed by atoms with E-state index in [0.29, 0.717) is 17.1 Å². The number of benzene rings is 4. The van der Waals surface area contributed by atoms with E-state index in [9.17, 15) is 22.4 Å². The molecule has 0 saturated carbocycles. The van der Waals surface area contributed by atoms with Crippen molar-refractivity contribution in [2.24, 2.45) is 5.92 Å². The highest BCUT2D eigenvalue weighted by Crippen LogP contribution is 2.27. The van der Waals surface area contributed by atoms with Crippen LogP contribution in [0.5, 0.6) is 0 Å². The summed E-state index contributed by atoms with van der Waals surface area (Å²) in [5.41, 5.74) is 2.47. The van der Waals surface area contributed by atoms with E-state index in [1.807, 2.05) is 51.1 Å². The van der Waals surface area contributed by atoms with Gasteiger partial charge in [0.1, 0.15) is 18.4 Å². The molecule has 1 atom stereocenters. The lowest BCUT2D eigenvalue weighted by Crippen LogP contribution is -2.53. The van der Waals surface area contributed by atoms with Gasteiger partial charge in [-0.3, -0.25) is 13.9 Å². The number of nitrogens with one attached hydrogen (secondary N) is 1. The zero-order valence-corrected chi connectivity index (χ0v) is 27.1. The summed E-state index contributed by atoms with van der Waals surface area (Å²) in [7, 11) is -4.24. The summed E-state index contributed by atoms with van der Waals surface area (Å²) in [5.74, 6) is -1.27. The third-order valence-electron chi connectivity index (χ3n) is 7.21. The van der Waals surface area contributed by atoms with Gasteiger partial charge in [-0.1, -0.05) is 91.7 Å². The maximum atomic E-state index is 14.4. The summed E-state index contributed by atoms with van der Waals surface area (Å²) >= 11 is 6.27. The van der Waals surface area contributed by atoms with E-state index in [4.69, 9.17) is 11.6 Å². The van der Waals surface area contributed by atoms with Crippen LogP contribution in [0, 0.1) is 18.7 Å². The fourth-order valence-electron chi connectivity index (χ4n) is 4.76. The standard InChI is InChI=1S/C35H37ClFN3O4S/c1-25(2)22-38-35(42)33(20-27-8-5-4-6-9-27)39(23-28-14-16-30(37)17-15-28)34(41)24-40(31-11-7-10-29(36)21-31)45(43,44)32-18-12-26(3)13-19-32/h4-19,21,25,33H,20,22-24H2,1-3H3,(H,38,42)/t33-/m0/s1. The molecule has 45 heavy (non-hydrogen) atoms. The van der Waals surface area contributed by atoms with Gasteiger partial charge in [-0.25, -0.2) is 12.8 Å². The Morgan fingerprint density at radius 3 is 2.16 bits per heavy atom. The lowest BCUT2D eigenvalue weighted by molar-refractivity contribution is -0.140. The van der Waals surface area contributed by atoms with Crippen molar-refractivity contribution in [3.8, 4) is 0 Å². The van der Waals surface area contributed by atoms with Crippen molar-refractivity contribution in [1.29, 1.82) is 0 Å². The van der Waals surface area contributed by atoms with Crippen LogP contribution in [-0.4, -0.2) is 44.3 Å². The van der Waals surface area contributed by atoms with E-state index in [0.717, 1.165) is 15.4 Å². The Morgan fingerprint density at radius 2 is 1.53 bits per heavy atom. The first kappa shape index (κ1) is 33.7. The summed E-state index contributed by atoms with van der Waals surface area (Å²) in [4.78, 5) is 29.6. The Kier molecular flexibility index (Phi) is 11.4. The average Bonchev–Trinajstić information content (AvgIpc) is 3.01. The van der Waals surface area contributed by atoms with E-state index in [2.05, 4.69) is 5.32 Å². The van der Waals surface area contributed by atoms with Crippen LogP contribution in [0.2, 0.25) is 5.02 Å². The van der Waals surface area contributed by atoms with Crippen molar-refractivity contribution in [1.82, 2.24) is 10.2 Å². The first-order valence-corrected chi connectivity index (χ1v) is 16.5. The molecule has 0 aliphatic heterocycles. The van der Waals surface area contributed by atoms with Gasteiger partial charge in [-0.05, 0) is 66.4 Å². The van der Waals surface area contributed by atoms with E-state index >= 15 is 0 Å². The number of amides is 2. The number of carbonyl (C=O) groups excluding carboxylic acids is 2. The van der Waals surface area contributed by atoms with Gasteiger partial charge in [-0.2, -0.15) is 0 Å². The number of hydrogen-bond donors (Lipinski definition) is 1. The van der Waals surface area contributed by atoms with Crippen LogP contribution in [0.25, 0.3) is 0 Å². The molecule has 0 bridgehead atoms. The third kappa shape index (κ3) is 9.15. The minimum absolute atomic E-state index is 0.00136. The van der Waals surface area contributed by atoms with Crippen LogP contribution in [0.1, 0.15) is 30.5 Å². The molecule has 4 rings (SSSR count). The molecule has 4 aromatic rings. The predicted molar refractivity (Wildman–Crippen MR) is 176 cm³/mol. The highest BCUT2D eigenvalue weighted by atomic mass is 35.5. The summed E-state index contributed by atoms with van der Waals surface area (Å²) in [6, 6.07) is 26.5. The van der Waals surface area contributed by atoms with E-state index in [1.165, 1.54) is 35.2 Å². The molecule has 0 aromatic heterocycles. The number of carbonyl (C=O) groups is 2. The number of rotatable bonds is 13. The van der Waals surface area contributed by atoms with Gasteiger partial charge >= 0.3 is 0 Å². The van der Waals surface area contributed by atoms with Gasteiger partial charge in [0.25, 0.3) is 10.0 Å². The Morgan fingerprint density at radius 1 is 0.867 bits per heavy atom. The molecule has 7 nitrogen and oxygen atoms in total. The van der Waals surface area contributed by atoms with Crippen LogP contribution >= 0.6 is 11.6 Å². The van der Waals surface area contributed by atoms with Crippen molar-refractivity contribution < 1.29 is 22.4 Å². The molecular weight excluding hydrogens is 613 g/mol. The molecular formula is C35H37ClFN3O4S. The minimum Gasteiger partial charge on any atom is -0.354 e. The first-order valence-electron chi connectivity index (χ1n) is 14.6. The topological polar surface area (TPSA) is 86.8 Å². The quantitative estimate of drug-likeness (QED) is 0.182.